The number of likely N-dealkylation sites (tertiary alicyclic amines) is 1. The van der Waals surface area contributed by atoms with E-state index in [9.17, 15) is 26.7 Å². The first-order valence-corrected chi connectivity index (χ1v) is 11.5. The molecule has 1 fully saturated rings. The predicted octanol–water partition coefficient (Wildman–Crippen LogP) is 5.94. The molecule has 0 radical (unpaired) electrons. The van der Waals surface area contributed by atoms with Gasteiger partial charge in [-0.05, 0) is 86.5 Å². The second kappa shape index (κ2) is 8.95. The maximum atomic E-state index is 14.7. The van der Waals surface area contributed by atoms with Gasteiger partial charge in [0.1, 0.15) is 5.82 Å². The Hall–Kier alpha value is -2.48. The molecule has 1 saturated heterocycles. The predicted molar refractivity (Wildman–Crippen MR) is 118 cm³/mol. The van der Waals surface area contributed by atoms with E-state index in [0.29, 0.717) is 39.2 Å². The van der Waals surface area contributed by atoms with Gasteiger partial charge in [-0.1, -0.05) is 30.3 Å². The minimum Gasteiger partial charge on any atom is -0.481 e. The molecule has 0 spiro atoms. The van der Waals surface area contributed by atoms with E-state index in [-0.39, 0.29) is 18.3 Å². The van der Waals surface area contributed by atoms with Crippen LogP contribution in [0.5, 0.6) is 0 Å². The Balaban J connectivity index is 1.72. The van der Waals surface area contributed by atoms with Crippen LogP contribution in [0.3, 0.4) is 0 Å². The van der Waals surface area contributed by atoms with Crippen molar-refractivity contribution >= 4 is 5.97 Å². The Morgan fingerprint density at radius 2 is 1.85 bits per heavy atom. The third kappa shape index (κ3) is 4.44. The number of hydrogen-bond donors (Lipinski definition) is 1. The number of hydrogen-bond acceptors (Lipinski definition) is 2. The number of carboxylic acids is 1. The van der Waals surface area contributed by atoms with Gasteiger partial charge in [-0.15, -0.1) is 0 Å². The van der Waals surface area contributed by atoms with Crippen molar-refractivity contribution < 1.29 is 31.9 Å². The zero-order valence-electron chi connectivity index (χ0n) is 19.0. The topological polar surface area (TPSA) is 40.5 Å². The molecule has 1 N–H and O–H groups in total. The van der Waals surface area contributed by atoms with Crippen molar-refractivity contribution in [2.45, 2.75) is 68.8 Å². The first-order chi connectivity index (χ1) is 15.9. The highest BCUT2D eigenvalue weighted by Crippen LogP contribution is 2.51. The fourth-order valence-electron chi connectivity index (χ4n) is 5.79. The molecule has 0 bridgehead atoms. The third-order valence-electron chi connectivity index (χ3n) is 7.60. The number of aryl methyl sites for hydroxylation is 1. The molecule has 2 aromatic rings. The second-order valence-corrected chi connectivity index (χ2v) is 9.67. The van der Waals surface area contributed by atoms with Crippen molar-refractivity contribution in [2.75, 3.05) is 13.1 Å². The van der Waals surface area contributed by atoms with Crippen molar-refractivity contribution in [1.82, 2.24) is 4.90 Å². The Morgan fingerprint density at radius 1 is 1.15 bits per heavy atom. The van der Waals surface area contributed by atoms with Gasteiger partial charge < -0.3 is 5.11 Å². The number of carboxylic acid groups (broad SMARTS) is 1. The summed E-state index contributed by atoms with van der Waals surface area (Å²) in [5, 5.41) is 9.01. The molecular formula is C26H28F5NO2. The lowest BCUT2D eigenvalue weighted by Crippen LogP contribution is -2.48. The molecule has 2 aliphatic rings. The molecule has 4 rings (SSSR count). The maximum Gasteiger partial charge on any atom is 0.426 e. The summed E-state index contributed by atoms with van der Waals surface area (Å²) in [7, 11) is 0. The molecule has 1 aliphatic carbocycles. The van der Waals surface area contributed by atoms with Crippen LogP contribution in [0.1, 0.15) is 54.9 Å². The average molecular weight is 482 g/mol. The number of rotatable bonds is 7. The quantitative estimate of drug-likeness (QED) is 0.498. The van der Waals surface area contributed by atoms with Crippen LogP contribution >= 0.6 is 0 Å². The zero-order chi connectivity index (χ0) is 24.7. The molecule has 1 unspecified atom stereocenters. The van der Waals surface area contributed by atoms with Crippen molar-refractivity contribution in [1.29, 1.82) is 0 Å². The number of carbonyl (C=O) groups is 1. The van der Waals surface area contributed by atoms with Crippen LogP contribution in [0.4, 0.5) is 22.0 Å². The third-order valence-corrected chi connectivity index (χ3v) is 7.60. The van der Waals surface area contributed by atoms with E-state index >= 15 is 0 Å². The summed E-state index contributed by atoms with van der Waals surface area (Å²) in [4.78, 5) is 13.3. The standard InChI is InChI=1S/C26H28F5NO2/c1-24(28,26(29,30)31)19-7-10-21-18(15-19)6-11-22-25(21,16-17-4-8-20(27)9-5-17)12-14-32(22)13-2-3-23(33)34/h4-5,7-10,15,22H,2-3,6,11-14,16H2,1H3,(H,33,34)/t22-,24?,25-/m1/s1. The fraction of sp³-hybridized carbons (Fsp3) is 0.500. The van der Waals surface area contributed by atoms with Gasteiger partial charge in [-0.2, -0.15) is 13.2 Å². The summed E-state index contributed by atoms with van der Waals surface area (Å²) in [5.74, 6) is -1.19. The molecule has 0 amide bonds. The van der Waals surface area contributed by atoms with Crippen molar-refractivity contribution in [3.05, 3.63) is 70.5 Å². The average Bonchev–Trinajstić information content (AvgIpc) is 3.12. The largest absolute Gasteiger partial charge is 0.481 e. The van der Waals surface area contributed by atoms with E-state index in [1.54, 1.807) is 18.2 Å². The Labute approximate surface area is 195 Å². The maximum absolute atomic E-state index is 14.7. The molecule has 8 heteroatoms. The normalized spacial score (nSPS) is 24.4. The van der Waals surface area contributed by atoms with Gasteiger partial charge in [-0.25, -0.2) is 8.78 Å². The van der Waals surface area contributed by atoms with Gasteiger partial charge in [-0.3, -0.25) is 9.69 Å². The number of alkyl halides is 4. The van der Waals surface area contributed by atoms with Gasteiger partial charge in [0.15, 0.2) is 0 Å². The van der Waals surface area contributed by atoms with E-state index < -0.39 is 28.8 Å². The number of benzene rings is 2. The molecule has 184 valence electrons. The second-order valence-electron chi connectivity index (χ2n) is 9.67. The van der Waals surface area contributed by atoms with Crippen LogP contribution in [-0.2, 0) is 28.7 Å². The van der Waals surface area contributed by atoms with Gasteiger partial charge in [0.05, 0.1) is 0 Å². The molecule has 0 aromatic heterocycles. The van der Waals surface area contributed by atoms with Crippen molar-refractivity contribution in [3.63, 3.8) is 0 Å². The SMILES string of the molecule is CC(F)(c1ccc2c(c1)CC[C@H]1N(CCCC(=O)O)CC[C@@]21Cc1ccc(F)cc1)C(F)(F)F. The highest BCUT2D eigenvalue weighted by molar-refractivity contribution is 5.66. The molecule has 0 saturated carbocycles. The Bertz CT molecular complexity index is 1050. The Morgan fingerprint density at radius 3 is 2.50 bits per heavy atom. The van der Waals surface area contributed by atoms with Gasteiger partial charge in [0.25, 0.3) is 0 Å². The van der Waals surface area contributed by atoms with Crippen LogP contribution in [0, 0.1) is 5.82 Å². The molecule has 3 nitrogen and oxygen atoms in total. The van der Waals surface area contributed by atoms with Crippen LogP contribution in [-0.4, -0.2) is 41.3 Å². The number of nitrogens with zero attached hydrogens (tertiary/aromatic N) is 1. The lowest BCUT2D eigenvalue weighted by atomic mass is 9.63. The van der Waals surface area contributed by atoms with Crippen molar-refractivity contribution in [3.8, 4) is 0 Å². The van der Waals surface area contributed by atoms with Crippen LogP contribution in [0.15, 0.2) is 42.5 Å². The summed E-state index contributed by atoms with van der Waals surface area (Å²) in [6.07, 6.45) is -1.93. The summed E-state index contributed by atoms with van der Waals surface area (Å²) >= 11 is 0. The molecule has 3 atom stereocenters. The fourth-order valence-corrected chi connectivity index (χ4v) is 5.79. The number of fused-ring (bicyclic) bond motifs is 3. The molecule has 2 aromatic carbocycles. The Kier molecular flexibility index (Phi) is 6.48. The van der Waals surface area contributed by atoms with E-state index in [1.807, 2.05) is 0 Å². The summed E-state index contributed by atoms with van der Waals surface area (Å²) in [6, 6.07) is 10.6. The zero-order valence-corrected chi connectivity index (χ0v) is 19.0. The number of halogens is 5. The van der Waals surface area contributed by atoms with Crippen LogP contribution in [0.2, 0.25) is 0 Å². The summed E-state index contributed by atoms with van der Waals surface area (Å²) in [6.45, 7) is 1.90. The lowest BCUT2D eigenvalue weighted by Gasteiger charge is -2.44. The number of aliphatic carboxylic acids is 1. The highest BCUT2D eigenvalue weighted by Gasteiger charge is 2.55. The minimum atomic E-state index is -5.02. The van der Waals surface area contributed by atoms with Gasteiger partial charge >= 0.3 is 12.1 Å². The lowest BCUT2D eigenvalue weighted by molar-refractivity contribution is -0.228. The first-order valence-electron chi connectivity index (χ1n) is 11.5. The van der Waals surface area contributed by atoms with Crippen LogP contribution < -0.4 is 0 Å². The van der Waals surface area contributed by atoms with E-state index in [4.69, 9.17) is 5.11 Å². The molecule has 1 aliphatic heterocycles. The monoisotopic (exact) mass is 481 g/mol. The van der Waals surface area contributed by atoms with E-state index in [0.717, 1.165) is 29.7 Å². The highest BCUT2D eigenvalue weighted by atomic mass is 19.4. The van der Waals surface area contributed by atoms with Gasteiger partial charge in [0.2, 0.25) is 5.67 Å². The molecule has 34 heavy (non-hydrogen) atoms. The van der Waals surface area contributed by atoms with E-state index in [2.05, 4.69) is 4.90 Å². The first kappa shape index (κ1) is 24.6. The summed E-state index contributed by atoms with van der Waals surface area (Å²) < 4.78 is 68.2. The van der Waals surface area contributed by atoms with Crippen molar-refractivity contribution in [2.24, 2.45) is 0 Å². The van der Waals surface area contributed by atoms with Gasteiger partial charge in [0, 0.05) is 17.9 Å². The smallest absolute Gasteiger partial charge is 0.426 e. The van der Waals surface area contributed by atoms with E-state index in [1.165, 1.54) is 24.3 Å². The molecular weight excluding hydrogens is 453 g/mol. The summed E-state index contributed by atoms with van der Waals surface area (Å²) in [5.41, 5.74) is -1.71. The van der Waals surface area contributed by atoms with Crippen LogP contribution in [0.25, 0.3) is 0 Å². The minimum absolute atomic E-state index is 0.0701. The molecule has 1 heterocycles.